The fraction of sp³-hybridized carbons (Fsp3) is 1.00. The van der Waals surface area contributed by atoms with Crippen LogP contribution in [0.15, 0.2) is 0 Å². The van der Waals surface area contributed by atoms with Crippen molar-refractivity contribution in [2.45, 2.75) is 37.0 Å². The van der Waals surface area contributed by atoms with Gasteiger partial charge in [0.15, 0.2) is 0 Å². The van der Waals surface area contributed by atoms with Crippen molar-refractivity contribution in [2.75, 3.05) is 20.1 Å². The Labute approximate surface area is 85.7 Å². The van der Waals surface area contributed by atoms with Crippen molar-refractivity contribution in [3.8, 4) is 0 Å². The van der Waals surface area contributed by atoms with E-state index in [1.165, 1.54) is 0 Å². The lowest BCUT2D eigenvalue weighted by Crippen LogP contribution is -2.47. The van der Waals surface area contributed by atoms with Crippen LogP contribution in [0, 0.1) is 0 Å². The second kappa shape index (κ2) is 3.79. The Balaban J connectivity index is 2.02. The van der Waals surface area contributed by atoms with E-state index in [2.05, 4.69) is 5.32 Å². The van der Waals surface area contributed by atoms with Gasteiger partial charge in [0, 0.05) is 19.6 Å². The molecule has 1 N–H and O–H groups in total. The van der Waals surface area contributed by atoms with E-state index in [0.29, 0.717) is 0 Å². The second-order valence-electron chi connectivity index (χ2n) is 4.26. The maximum absolute atomic E-state index is 11.9. The average Bonchev–Trinajstić information content (AvgIpc) is 3.01. The number of piperidine rings is 1. The monoisotopic (exact) mass is 218 g/mol. The van der Waals surface area contributed by atoms with Crippen LogP contribution in [0.1, 0.15) is 25.7 Å². The van der Waals surface area contributed by atoms with Crippen LogP contribution in [0.5, 0.6) is 0 Å². The Morgan fingerprint density at radius 1 is 1.29 bits per heavy atom. The lowest BCUT2D eigenvalue weighted by Gasteiger charge is -2.30. The van der Waals surface area contributed by atoms with Gasteiger partial charge in [0.1, 0.15) is 0 Å². The van der Waals surface area contributed by atoms with Crippen molar-refractivity contribution in [1.82, 2.24) is 9.62 Å². The molecule has 0 radical (unpaired) electrons. The van der Waals surface area contributed by atoms with Crippen LogP contribution in [-0.4, -0.2) is 44.2 Å². The molecule has 2 rings (SSSR count). The summed E-state index contributed by atoms with van der Waals surface area (Å²) in [6, 6.07) is 0.175. The molecule has 2 fully saturated rings. The Morgan fingerprint density at radius 3 is 2.50 bits per heavy atom. The molecule has 1 saturated carbocycles. The number of likely N-dealkylation sites (N-methyl/N-ethyl adjacent to an activating group) is 1. The Hall–Kier alpha value is -0.130. The molecule has 1 heterocycles. The van der Waals surface area contributed by atoms with Crippen molar-refractivity contribution >= 4 is 10.0 Å². The largest absolute Gasteiger partial charge is 0.315 e. The Morgan fingerprint density at radius 2 is 2.00 bits per heavy atom. The summed E-state index contributed by atoms with van der Waals surface area (Å²) in [5, 5.41) is 3.17. The van der Waals surface area contributed by atoms with Gasteiger partial charge in [-0.3, -0.25) is 0 Å². The molecule has 2 aliphatic rings. The molecular weight excluding hydrogens is 200 g/mol. The van der Waals surface area contributed by atoms with Gasteiger partial charge < -0.3 is 5.32 Å². The lowest BCUT2D eigenvalue weighted by molar-refractivity contribution is 0.299. The molecule has 0 aromatic carbocycles. The summed E-state index contributed by atoms with van der Waals surface area (Å²) in [4.78, 5) is 0. The third-order valence-corrected chi connectivity index (χ3v) is 5.55. The van der Waals surface area contributed by atoms with Crippen LogP contribution in [0.4, 0.5) is 0 Å². The third-order valence-electron chi connectivity index (χ3n) is 3.13. The molecule has 0 bridgehead atoms. The van der Waals surface area contributed by atoms with Gasteiger partial charge in [-0.25, -0.2) is 12.7 Å². The molecule has 1 aliphatic heterocycles. The van der Waals surface area contributed by atoms with Gasteiger partial charge in [0.2, 0.25) is 10.0 Å². The minimum Gasteiger partial charge on any atom is -0.315 e. The first-order valence-electron chi connectivity index (χ1n) is 5.30. The van der Waals surface area contributed by atoms with E-state index in [-0.39, 0.29) is 11.3 Å². The number of rotatable bonds is 3. The molecule has 1 aliphatic carbocycles. The fourth-order valence-electron chi connectivity index (χ4n) is 1.95. The van der Waals surface area contributed by atoms with E-state index in [4.69, 9.17) is 0 Å². The molecular formula is C9H18N2O2S. The molecule has 1 unspecified atom stereocenters. The Kier molecular flexibility index (Phi) is 2.81. The highest BCUT2D eigenvalue weighted by Gasteiger charge is 2.40. The molecule has 0 aromatic heterocycles. The van der Waals surface area contributed by atoms with E-state index >= 15 is 0 Å². The van der Waals surface area contributed by atoms with Crippen molar-refractivity contribution in [3.05, 3.63) is 0 Å². The Bertz CT molecular complexity index is 292. The molecule has 82 valence electrons. The van der Waals surface area contributed by atoms with Crippen LogP contribution < -0.4 is 5.32 Å². The molecule has 0 spiro atoms. The highest BCUT2D eigenvalue weighted by Crippen LogP contribution is 2.31. The summed E-state index contributed by atoms with van der Waals surface area (Å²) in [7, 11) is -1.24. The average molecular weight is 218 g/mol. The maximum Gasteiger partial charge on any atom is 0.217 e. The molecule has 5 heteroatoms. The summed E-state index contributed by atoms with van der Waals surface area (Å²) in [6.45, 7) is 1.83. The first-order valence-corrected chi connectivity index (χ1v) is 6.80. The van der Waals surface area contributed by atoms with E-state index in [9.17, 15) is 8.42 Å². The highest BCUT2D eigenvalue weighted by molar-refractivity contribution is 7.90. The summed E-state index contributed by atoms with van der Waals surface area (Å²) >= 11 is 0. The van der Waals surface area contributed by atoms with E-state index in [0.717, 1.165) is 38.8 Å². The van der Waals surface area contributed by atoms with Crippen LogP contribution in [-0.2, 0) is 10.0 Å². The van der Waals surface area contributed by atoms with Gasteiger partial charge in [-0.05, 0) is 32.2 Å². The predicted octanol–water partition coefficient (Wildman–Crippen LogP) is 0.162. The molecule has 0 aromatic rings. The van der Waals surface area contributed by atoms with Crippen molar-refractivity contribution < 1.29 is 8.42 Å². The number of hydrogen-bond donors (Lipinski definition) is 1. The van der Waals surface area contributed by atoms with Gasteiger partial charge in [-0.15, -0.1) is 0 Å². The predicted molar refractivity (Wildman–Crippen MR) is 55.6 cm³/mol. The number of sulfonamides is 1. The molecule has 1 atom stereocenters. The van der Waals surface area contributed by atoms with Crippen LogP contribution in [0.25, 0.3) is 0 Å². The van der Waals surface area contributed by atoms with Crippen LogP contribution >= 0.6 is 0 Å². The minimum absolute atomic E-state index is 0.0746. The molecule has 0 amide bonds. The number of nitrogens with zero attached hydrogens (tertiary/aromatic N) is 1. The zero-order chi connectivity index (χ0) is 10.2. The third kappa shape index (κ3) is 1.94. The summed E-state index contributed by atoms with van der Waals surface area (Å²) in [6.07, 6.45) is 3.78. The molecule has 4 nitrogen and oxygen atoms in total. The second-order valence-corrected chi connectivity index (χ2v) is 6.53. The fourth-order valence-corrected chi connectivity index (χ4v) is 3.75. The summed E-state index contributed by atoms with van der Waals surface area (Å²) in [5.41, 5.74) is 0. The normalized spacial score (nSPS) is 29.4. The van der Waals surface area contributed by atoms with Crippen LogP contribution in [0.3, 0.4) is 0 Å². The first-order chi connectivity index (χ1) is 6.62. The zero-order valence-corrected chi connectivity index (χ0v) is 9.39. The zero-order valence-electron chi connectivity index (χ0n) is 8.57. The standard InChI is InChI=1S/C9H18N2O2S/c1-11(8-3-2-6-10-7-8)14(12,13)9-4-5-9/h8-10H,2-7H2,1H3. The topological polar surface area (TPSA) is 49.4 Å². The van der Waals surface area contributed by atoms with Gasteiger partial charge in [0.05, 0.1) is 5.25 Å². The van der Waals surface area contributed by atoms with Gasteiger partial charge in [-0.2, -0.15) is 0 Å². The van der Waals surface area contributed by atoms with E-state index < -0.39 is 10.0 Å². The quantitative estimate of drug-likeness (QED) is 0.734. The van der Waals surface area contributed by atoms with Gasteiger partial charge in [-0.1, -0.05) is 0 Å². The van der Waals surface area contributed by atoms with E-state index in [1.807, 2.05) is 0 Å². The highest BCUT2D eigenvalue weighted by atomic mass is 32.2. The maximum atomic E-state index is 11.9. The summed E-state index contributed by atoms with van der Waals surface area (Å²) < 4.78 is 25.4. The number of hydrogen-bond acceptors (Lipinski definition) is 3. The van der Waals surface area contributed by atoms with Gasteiger partial charge in [0.25, 0.3) is 0 Å². The van der Waals surface area contributed by atoms with Crippen molar-refractivity contribution in [1.29, 1.82) is 0 Å². The number of nitrogens with one attached hydrogen (secondary N) is 1. The SMILES string of the molecule is CN(C1CCCNC1)S(=O)(=O)C1CC1. The van der Waals surface area contributed by atoms with Crippen LogP contribution in [0.2, 0.25) is 0 Å². The lowest BCUT2D eigenvalue weighted by atomic mass is 10.1. The smallest absolute Gasteiger partial charge is 0.217 e. The van der Waals surface area contributed by atoms with E-state index in [1.54, 1.807) is 11.4 Å². The molecule has 14 heavy (non-hydrogen) atoms. The minimum atomic E-state index is -2.97. The summed E-state index contributed by atoms with van der Waals surface area (Å²) in [5.74, 6) is 0. The molecule has 1 saturated heterocycles. The van der Waals surface area contributed by atoms with Crippen molar-refractivity contribution in [2.24, 2.45) is 0 Å². The van der Waals surface area contributed by atoms with Gasteiger partial charge >= 0.3 is 0 Å². The van der Waals surface area contributed by atoms with Crippen molar-refractivity contribution in [3.63, 3.8) is 0 Å². The first kappa shape index (κ1) is 10.4.